The number of rotatable bonds is 2. The Morgan fingerprint density at radius 1 is 1.33 bits per heavy atom. The molecule has 0 spiro atoms. The summed E-state index contributed by atoms with van der Waals surface area (Å²) in [5.74, 6) is 0.862. The third kappa shape index (κ3) is 2.28. The molecule has 0 saturated carbocycles. The molecular weight excluding hydrogens is 286 g/mol. The highest BCUT2D eigenvalue weighted by Crippen LogP contribution is 2.31. The number of aryl methyl sites for hydroxylation is 1. The predicted octanol–water partition coefficient (Wildman–Crippen LogP) is 2.00. The van der Waals surface area contributed by atoms with Gasteiger partial charge in [0.25, 0.3) is 0 Å². The van der Waals surface area contributed by atoms with Gasteiger partial charge >= 0.3 is 0 Å². The van der Waals surface area contributed by atoms with Gasteiger partial charge in [-0.3, -0.25) is 0 Å². The number of hydrogen-bond acceptors (Lipinski definition) is 6. The number of benzene rings is 1. The summed E-state index contributed by atoms with van der Waals surface area (Å²) in [7, 11) is 1.94. The maximum Gasteiger partial charge on any atom is 0.186 e. The van der Waals surface area contributed by atoms with Gasteiger partial charge in [0.1, 0.15) is 12.4 Å². The number of hydrogen-bond donors (Lipinski definition) is 0. The quantitative estimate of drug-likeness (QED) is 0.724. The van der Waals surface area contributed by atoms with Crippen LogP contribution >= 0.6 is 11.3 Å². The molecule has 1 aliphatic rings. The molecule has 6 nitrogen and oxygen atoms in total. The highest BCUT2D eigenvalue weighted by atomic mass is 32.1. The van der Waals surface area contributed by atoms with E-state index in [4.69, 9.17) is 9.72 Å². The Bertz CT molecular complexity index is 734. The standard InChI is InChI=1S/C14H15N5OS/c1-18-9-15-17-13(18)11-8-19(6-7-20-11)14-16-10-4-2-3-5-12(10)21-14/h2-5,9,11H,6-8H2,1H3/t11-/m1/s1. The van der Waals surface area contributed by atoms with Crippen molar-refractivity contribution in [2.45, 2.75) is 6.10 Å². The van der Waals surface area contributed by atoms with Gasteiger partial charge in [0.2, 0.25) is 0 Å². The van der Waals surface area contributed by atoms with E-state index in [1.165, 1.54) is 4.70 Å². The second-order valence-electron chi connectivity index (χ2n) is 5.07. The lowest BCUT2D eigenvalue weighted by molar-refractivity contribution is 0.0321. The van der Waals surface area contributed by atoms with Gasteiger partial charge in [-0.2, -0.15) is 0 Å². The fourth-order valence-corrected chi connectivity index (χ4v) is 3.56. The Morgan fingerprint density at radius 3 is 3.05 bits per heavy atom. The van der Waals surface area contributed by atoms with Gasteiger partial charge in [-0.15, -0.1) is 10.2 Å². The van der Waals surface area contributed by atoms with Gasteiger partial charge in [0.15, 0.2) is 11.0 Å². The molecule has 3 aromatic rings. The van der Waals surface area contributed by atoms with Crippen molar-refractivity contribution < 1.29 is 4.74 Å². The van der Waals surface area contributed by atoms with Crippen LogP contribution in [0.4, 0.5) is 5.13 Å². The first-order chi connectivity index (χ1) is 10.3. The second kappa shape index (κ2) is 5.09. The van der Waals surface area contributed by atoms with E-state index in [0.29, 0.717) is 6.61 Å². The molecule has 1 saturated heterocycles. The minimum atomic E-state index is -0.0572. The van der Waals surface area contributed by atoms with E-state index in [9.17, 15) is 0 Å². The Morgan fingerprint density at radius 2 is 2.24 bits per heavy atom. The summed E-state index contributed by atoms with van der Waals surface area (Å²) in [5, 5.41) is 9.13. The fraction of sp³-hybridized carbons (Fsp3) is 0.357. The molecule has 7 heteroatoms. The lowest BCUT2D eigenvalue weighted by Crippen LogP contribution is -2.39. The van der Waals surface area contributed by atoms with Crippen molar-refractivity contribution in [1.29, 1.82) is 0 Å². The van der Waals surface area contributed by atoms with Gasteiger partial charge < -0.3 is 14.2 Å². The molecule has 21 heavy (non-hydrogen) atoms. The average molecular weight is 301 g/mol. The van der Waals surface area contributed by atoms with E-state index in [0.717, 1.165) is 29.6 Å². The van der Waals surface area contributed by atoms with Gasteiger partial charge in [0, 0.05) is 13.6 Å². The van der Waals surface area contributed by atoms with Crippen LogP contribution in [0.1, 0.15) is 11.9 Å². The molecule has 0 radical (unpaired) electrons. The van der Waals surface area contributed by atoms with E-state index < -0.39 is 0 Å². The Hall–Kier alpha value is -1.99. The number of aromatic nitrogens is 4. The molecule has 2 aromatic heterocycles. The Balaban J connectivity index is 1.62. The smallest absolute Gasteiger partial charge is 0.186 e. The molecule has 0 amide bonds. The maximum absolute atomic E-state index is 5.84. The summed E-state index contributed by atoms with van der Waals surface area (Å²) in [6.45, 7) is 2.29. The normalized spacial score (nSPS) is 19.3. The third-order valence-corrected chi connectivity index (χ3v) is 4.75. The molecule has 1 fully saturated rings. The van der Waals surface area contributed by atoms with Crippen molar-refractivity contribution in [2.75, 3.05) is 24.6 Å². The summed E-state index contributed by atoms with van der Waals surface area (Å²) in [4.78, 5) is 6.99. The fourth-order valence-electron chi connectivity index (χ4n) is 2.56. The topological polar surface area (TPSA) is 56.1 Å². The van der Waals surface area contributed by atoms with E-state index >= 15 is 0 Å². The van der Waals surface area contributed by atoms with Crippen LogP contribution in [0.25, 0.3) is 10.2 Å². The molecule has 4 rings (SSSR count). The van der Waals surface area contributed by atoms with Gasteiger partial charge in [-0.05, 0) is 12.1 Å². The van der Waals surface area contributed by atoms with Crippen molar-refractivity contribution >= 4 is 26.7 Å². The van der Waals surface area contributed by atoms with Crippen molar-refractivity contribution in [1.82, 2.24) is 19.7 Å². The molecule has 0 unspecified atom stereocenters. The molecule has 0 aliphatic carbocycles. The largest absolute Gasteiger partial charge is 0.366 e. The molecule has 1 aromatic carbocycles. The SMILES string of the molecule is Cn1cnnc1[C@H]1CN(c2nc3ccccc3s2)CCO1. The van der Waals surface area contributed by atoms with Crippen LogP contribution in [0.5, 0.6) is 0 Å². The predicted molar refractivity (Wildman–Crippen MR) is 81.5 cm³/mol. The zero-order valence-electron chi connectivity index (χ0n) is 11.6. The summed E-state index contributed by atoms with van der Waals surface area (Å²) < 4.78 is 8.97. The van der Waals surface area contributed by atoms with E-state index in [1.807, 2.05) is 23.7 Å². The van der Waals surface area contributed by atoms with Gasteiger partial charge in [-0.25, -0.2) is 4.98 Å². The van der Waals surface area contributed by atoms with E-state index in [2.05, 4.69) is 27.2 Å². The number of thiazole rings is 1. The van der Waals surface area contributed by atoms with Crippen LogP contribution < -0.4 is 4.90 Å². The minimum Gasteiger partial charge on any atom is -0.366 e. The van der Waals surface area contributed by atoms with Crippen molar-refractivity contribution in [3.8, 4) is 0 Å². The third-order valence-electron chi connectivity index (χ3n) is 3.65. The van der Waals surface area contributed by atoms with Crippen LogP contribution in [0.2, 0.25) is 0 Å². The summed E-state index contributed by atoms with van der Waals surface area (Å²) in [5.41, 5.74) is 1.05. The van der Waals surface area contributed by atoms with Gasteiger partial charge in [-0.1, -0.05) is 23.5 Å². The highest BCUT2D eigenvalue weighted by Gasteiger charge is 2.27. The minimum absolute atomic E-state index is 0.0572. The Kier molecular flexibility index (Phi) is 3.08. The van der Waals surface area contributed by atoms with E-state index in [-0.39, 0.29) is 6.10 Å². The summed E-state index contributed by atoms with van der Waals surface area (Å²) in [6.07, 6.45) is 1.65. The lowest BCUT2D eigenvalue weighted by Gasteiger charge is -2.31. The number of nitrogens with zero attached hydrogens (tertiary/aromatic N) is 5. The first kappa shape index (κ1) is 12.7. The first-order valence-corrected chi connectivity index (χ1v) is 7.69. The zero-order chi connectivity index (χ0) is 14.2. The Labute approximate surface area is 126 Å². The molecular formula is C14H15N5OS. The molecule has 0 bridgehead atoms. The molecule has 0 N–H and O–H groups in total. The van der Waals surface area contributed by atoms with Crippen LogP contribution in [-0.4, -0.2) is 39.4 Å². The summed E-state index contributed by atoms with van der Waals surface area (Å²) >= 11 is 1.72. The second-order valence-corrected chi connectivity index (χ2v) is 6.08. The van der Waals surface area contributed by atoms with Crippen LogP contribution in [-0.2, 0) is 11.8 Å². The summed E-state index contributed by atoms with van der Waals surface area (Å²) in [6, 6.07) is 8.23. The van der Waals surface area contributed by atoms with E-state index in [1.54, 1.807) is 17.7 Å². The zero-order valence-corrected chi connectivity index (χ0v) is 12.5. The number of morpholine rings is 1. The average Bonchev–Trinajstić information content (AvgIpc) is 3.13. The molecule has 1 aliphatic heterocycles. The number of fused-ring (bicyclic) bond motifs is 1. The number of para-hydroxylation sites is 1. The van der Waals surface area contributed by atoms with Crippen LogP contribution in [0, 0.1) is 0 Å². The van der Waals surface area contributed by atoms with Crippen LogP contribution in [0.3, 0.4) is 0 Å². The number of anilines is 1. The van der Waals surface area contributed by atoms with Crippen molar-refractivity contribution in [3.63, 3.8) is 0 Å². The number of ether oxygens (including phenoxy) is 1. The highest BCUT2D eigenvalue weighted by molar-refractivity contribution is 7.22. The molecule has 3 heterocycles. The first-order valence-electron chi connectivity index (χ1n) is 6.87. The van der Waals surface area contributed by atoms with Crippen molar-refractivity contribution in [3.05, 3.63) is 36.4 Å². The lowest BCUT2D eigenvalue weighted by atomic mass is 10.2. The monoisotopic (exact) mass is 301 g/mol. The maximum atomic E-state index is 5.84. The molecule has 108 valence electrons. The van der Waals surface area contributed by atoms with Crippen molar-refractivity contribution in [2.24, 2.45) is 7.05 Å². The van der Waals surface area contributed by atoms with Gasteiger partial charge in [0.05, 0.1) is 23.4 Å². The molecule has 1 atom stereocenters. The van der Waals surface area contributed by atoms with Crippen LogP contribution in [0.15, 0.2) is 30.6 Å².